The molecule has 1 aromatic rings. The number of nitrogens with two attached hydrogens (primary N) is 1. The number of hydrogen-bond acceptors (Lipinski definition) is 5. The second-order valence-electron chi connectivity index (χ2n) is 5.81. The van der Waals surface area contributed by atoms with E-state index in [0.29, 0.717) is 11.1 Å². The molecule has 2 heterocycles. The summed E-state index contributed by atoms with van der Waals surface area (Å²) in [6.45, 7) is 4.57. The number of carbonyl (C=O) groups is 1. The molecule has 2 aliphatic heterocycles. The van der Waals surface area contributed by atoms with E-state index in [1.54, 1.807) is 6.07 Å². The molecule has 0 radical (unpaired) electrons. The van der Waals surface area contributed by atoms with Gasteiger partial charge in [0.1, 0.15) is 0 Å². The van der Waals surface area contributed by atoms with Gasteiger partial charge in [0.05, 0.1) is 19.2 Å². The van der Waals surface area contributed by atoms with Crippen LogP contribution in [0, 0.1) is 23.7 Å². The summed E-state index contributed by atoms with van der Waals surface area (Å²) in [6, 6.07) is 5.76. The molecule has 0 aromatic heterocycles. The summed E-state index contributed by atoms with van der Waals surface area (Å²) in [6.07, 6.45) is 0. The topological polar surface area (TPSA) is 67.6 Å². The van der Waals surface area contributed by atoms with Gasteiger partial charge in [-0.2, -0.15) is 0 Å². The lowest BCUT2D eigenvalue weighted by atomic mass is 10.0. The average molecular weight is 299 g/mol. The van der Waals surface area contributed by atoms with E-state index in [-0.39, 0.29) is 12.5 Å². The molecule has 2 unspecified atom stereocenters. The molecule has 5 nitrogen and oxygen atoms in total. The number of carbonyl (C=O) groups excluding carboxylic acids is 1. The van der Waals surface area contributed by atoms with Crippen molar-refractivity contribution < 1.29 is 9.53 Å². The Hall–Kier alpha value is -2.03. The quantitative estimate of drug-likeness (QED) is 0.613. The Morgan fingerprint density at radius 2 is 2.14 bits per heavy atom. The fourth-order valence-electron chi connectivity index (χ4n) is 3.33. The lowest BCUT2D eigenvalue weighted by Crippen LogP contribution is -2.25. The predicted octanol–water partition coefficient (Wildman–Crippen LogP) is 0.439. The van der Waals surface area contributed by atoms with Crippen LogP contribution in [0.25, 0.3) is 0 Å². The molecule has 2 saturated heterocycles. The molecule has 1 aromatic carbocycles. The maximum absolute atomic E-state index is 11.8. The van der Waals surface area contributed by atoms with Gasteiger partial charge in [0.25, 0.3) is 0 Å². The third-order valence-corrected chi connectivity index (χ3v) is 4.49. The zero-order valence-electron chi connectivity index (χ0n) is 12.8. The first kappa shape index (κ1) is 14.9. The van der Waals surface area contributed by atoms with Crippen LogP contribution in [-0.2, 0) is 4.74 Å². The van der Waals surface area contributed by atoms with Crippen LogP contribution in [-0.4, -0.2) is 45.8 Å². The molecule has 0 saturated carbocycles. The molecular weight excluding hydrogens is 278 g/mol. The van der Waals surface area contributed by atoms with Crippen molar-refractivity contribution in [2.75, 3.05) is 44.7 Å². The Morgan fingerprint density at radius 3 is 2.77 bits per heavy atom. The summed E-state index contributed by atoms with van der Waals surface area (Å²) in [4.78, 5) is 14.2. The minimum Gasteiger partial charge on any atom is -0.465 e. The molecule has 2 aliphatic rings. The maximum atomic E-state index is 11.8. The van der Waals surface area contributed by atoms with Crippen LogP contribution in [0.4, 0.5) is 5.69 Å². The highest BCUT2D eigenvalue weighted by atomic mass is 16.5. The van der Waals surface area contributed by atoms with Crippen molar-refractivity contribution in [3.63, 3.8) is 0 Å². The van der Waals surface area contributed by atoms with E-state index in [9.17, 15) is 4.79 Å². The third kappa shape index (κ3) is 2.80. The molecule has 2 atom stereocenters. The maximum Gasteiger partial charge on any atom is 0.339 e. The monoisotopic (exact) mass is 299 g/mol. The van der Waals surface area contributed by atoms with Gasteiger partial charge >= 0.3 is 5.97 Å². The average Bonchev–Trinajstić information content (AvgIpc) is 3.13. The number of anilines is 1. The summed E-state index contributed by atoms with van der Waals surface area (Å²) in [5, 5.41) is 3.44. The first-order valence-corrected chi connectivity index (χ1v) is 7.60. The Bertz CT molecular complexity index is 621. The van der Waals surface area contributed by atoms with Crippen molar-refractivity contribution in [3.05, 3.63) is 29.3 Å². The lowest BCUT2D eigenvalue weighted by Gasteiger charge is -2.20. The molecule has 116 valence electrons. The van der Waals surface area contributed by atoms with Crippen LogP contribution in [0.15, 0.2) is 18.2 Å². The Kier molecular flexibility index (Phi) is 4.32. The molecule has 3 N–H and O–H groups in total. The second kappa shape index (κ2) is 6.39. The molecule has 0 spiro atoms. The van der Waals surface area contributed by atoms with Gasteiger partial charge in [-0.15, -0.1) is 0 Å². The van der Waals surface area contributed by atoms with E-state index in [1.165, 1.54) is 7.11 Å². The molecule has 0 aliphatic carbocycles. The minimum absolute atomic E-state index is 0.268. The van der Waals surface area contributed by atoms with Crippen LogP contribution in [0.5, 0.6) is 0 Å². The lowest BCUT2D eigenvalue weighted by molar-refractivity contribution is 0.0600. The Balaban J connectivity index is 1.88. The highest BCUT2D eigenvalue weighted by Crippen LogP contribution is 2.31. The summed E-state index contributed by atoms with van der Waals surface area (Å²) < 4.78 is 4.82. The molecule has 0 amide bonds. The van der Waals surface area contributed by atoms with Gasteiger partial charge in [0, 0.05) is 37.4 Å². The standard InChI is InChI=1S/C17H21N3O2/c1-22-17(21)16-5-4-15(7-12(16)3-2-6-18)20-10-13-8-19-9-14(13)11-20/h4-5,7,13-14,19H,6,8-11,18H2,1H3. The molecule has 5 heteroatoms. The summed E-state index contributed by atoms with van der Waals surface area (Å²) >= 11 is 0. The molecule has 0 bridgehead atoms. The van der Waals surface area contributed by atoms with Gasteiger partial charge in [-0.3, -0.25) is 0 Å². The number of nitrogens with zero attached hydrogens (tertiary/aromatic N) is 1. The SMILES string of the molecule is COC(=O)c1ccc(N2CC3CNCC3C2)cc1C#CCN. The van der Waals surface area contributed by atoms with Crippen molar-refractivity contribution in [1.82, 2.24) is 5.32 Å². The zero-order valence-corrected chi connectivity index (χ0v) is 12.8. The van der Waals surface area contributed by atoms with E-state index in [4.69, 9.17) is 10.5 Å². The second-order valence-corrected chi connectivity index (χ2v) is 5.81. The number of hydrogen-bond donors (Lipinski definition) is 2. The van der Waals surface area contributed by atoms with Crippen molar-refractivity contribution in [2.24, 2.45) is 17.6 Å². The normalized spacial score (nSPS) is 22.9. The fraction of sp³-hybridized carbons (Fsp3) is 0.471. The number of rotatable bonds is 2. The zero-order chi connectivity index (χ0) is 15.5. The van der Waals surface area contributed by atoms with Crippen molar-refractivity contribution >= 4 is 11.7 Å². The Morgan fingerprint density at radius 1 is 1.41 bits per heavy atom. The third-order valence-electron chi connectivity index (χ3n) is 4.49. The van der Waals surface area contributed by atoms with Gasteiger partial charge in [-0.05, 0) is 30.0 Å². The molecule has 22 heavy (non-hydrogen) atoms. The van der Waals surface area contributed by atoms with E-state index < -0.39 is 0 Å². The number of nitrogens with one attached hydrogen (secondary N) is 1. The minimum atomic E-state index is -0.365. The predicted molar refractivity (Wildman–Crippen MR) is 85.8 cm³/mol. The van der Waals surface area contributed by atoms with Gasteiger partial charge in [0.2, 0.25) is 0 Å². The summed E-state index contributed by atoms with van der Waals surface area (Å²) in [7, 11) is 1.38. The molecule has 3 rings (SSSR count). The summed E-state index contributed by atoms with van der Waals surface area (Å²) in [5.74, 6) is 6.89. The van der Waals surface area contributed by atoms with E-state index >= 15 is 0 Å². The van der Waals surface area contributed by atoms with Gasteiger partial charge in [-0.25, -0.2) is 4.79 Å². The number of benzene rings is 1. The van der Waals surface area contributed by atoms with Crippen LogP contribution in [0.2, 0.25) is 0 Å². The van der Waals surface area contributed by atoms with Gasteiger partial charge < -0.3 is 20.7 Å². The number of esters is 1. The number of fused-ring (bicyclic) bond motifs is 1. The molecule has 2 fully saturated rings. The first-order valence-electron chi connectivity index (χ1n) is 7.60. The van der Waals surface area contributed by atoms with E-state index in [2.05, 4.69) is 22.1 Å². The fourth-order valence-corrected chi connectivity index (χ4v) is 3.33. The van der Waals surface area contributed by atoms with Crippen LogP contribution < -0.4 is 16.0 Å². The summed E-state index contributed by atoms with van der Waals surface area (Å²) in [5.41, 5.74) is 7.74. The van der Waals surface area contributed by atoms with Crippen molar-refractivity contribution in [2.45, 2.75) is 0 Å². The van der Waals surface area contributed by atoms with Gasteiger partial charge in [0.15, 0.2) is 0 Å². The number of methoxy groups -OCH3 is 1. The van der Waals surface area contributed by atoms with Crippen molar-refractivity contribution in [1.29, 1.82) is 0 Å². The van der Waals surface area contributed by atoms with Crippen LogP contribution in [0.3, 0.4) is 0 Å². The van der Waals surface area contributed by atoms with Crippen molar-refractivity contribution in [3.8, 4) is 11.8 Å². The molecular formula is C17H21N3O2. The highest BCUT2D eigenvalue weighted by Gasteiger charge is 2.36. The Labute approximate surface area is 130 Å². The van der Waals surface area contributed by atoms with E-state index in [0.717, 1.165) is 43.7 Å². The van der Waals surface area contributed by atoms with Crippen LogP contribution >= 0.6 is 0 Å². The van der Waals surface area contributed by atoms with Gasteiger partial charge in [-0.1, -0.05) is 11.8 Å². The number of ether oxygens (including phenoxy) is 1. The highest BCUT2D eigenvalue weighted by molar-refractivity contribution is 5.93. The first-order chi connectivity index (χ1) is 10.7. The largest absolute Gasteiger partial charge is 0.465 e. The smallest absolute Gasteiger partial charge is 0.339 e. The van der Waals surface area contributed by atoms with E-state index in [1.807, 2.05) is 12.1 Å². The van der Waals surface area contributed by atoms with Crippen LogP contribution in [0.1, 0.15) is 15.9 Å².